The summed E-state index contributed by atoms with van der Waals surface area (Å²) in [6.45, 7) is 6.47. The van der Waals surface area contributed by atoms with E-state index in [0.717, 1.165) is 17.0 Å². The van der Waals surface area contributed by atoms with E-state index >= 15 is 0 Å². The molecule has 0 spiro atoms. The Morgan fingerprint density at radius 3 is 2.42 bits per heavy atom. The minimum Gasteiger partial charge on any atom is -0.480 e. The minimum absolute atomic E-state index is 0.367. The lowest BCUT2D eigenvalue weighted by atomic mass is 10.1. The van der Waals surface area contributed by atoms with Crippen LogP contribution in [0.15, 0.2) is 30.3 Å². The van der Waals surface area contributed by atoms with Gasteiger partial charge in [-0.1, -0.05) is 25.5 Å². The molecule has 0 bridgehead atoms. The smallest absolute Gasteiger partial charge is 0.326 e. The highest BCUT2D eigenvalue weighted by atomic mass is 16.4. The summed E-state index contributed by atoms with van der Waals surface area (Å²) in [5, 5.41) is 16.1. The lowest BCUT2D eigenvalue weighted by Crippen LogP contribution is -2.40. The summed E-state index contributed by atoms with van der Waals surface area (Å²) in [6, 6.07) is 8.31. The zero-order chi connectivity index (χ0) is 17.7. The lowest BCUT2D eigenvalue weighted by molar-refractivity contribution is -0.139. The number of benzene rings is 1. The van der Waals surface area contributed by atoms with Gasteiger partial charge in [-0.05, 0) is 44.0 Å². The summed E-state index contributed by atoms with van der Waals surface area (Å²) < 4.78 is 1.91. The Balaban J connectivity index is 2.04. The second-order valence-corrected chi connectivity index (χ2v) is 5.93. The first-order valence-corrected chi connectivity index (χ1v) is 8.04. The van der Waals surface area contributed by atoms with Crippen molar-refractivity contribution in [1.29, 1.82) is 0 Å². The van der Waals surface area contributed by atoms with Crippen molar-refractivity contribution in [2.75, 3.05) is 0 Å². The van der Waals surface area contributed by atoms with Crippen LogP contribution in [0.5, 0.6) is 0 Å². The average molecular weight is 329 g/mol. The molecule has 0 aliphatic rings. The number of carboxylic acids is 1. The molecule has 24 heavy (non-hydrogen) atoms. The van der Waals surface area contributed by atoms with Crippen molar-refractivity contribution >= 4 is 11.9 Å². The summed E-state index contributed by atoms with van der Waals surface area (Å²) in [4.78, 5) is 23.3. The van der Waals surface area contributed by atoms with Gasteiger partial charge in [-0.3, -0.25) is 9.48 Å². The number of aromatic nitrogens is 2. The Labute approximate surface area is 141 Å². The molecule has 6 nitrogen and oxygen atoms in total. The second-order valence-electron chi connectivity index (χ2n) is 5.93. The van der Waals surface area contributed by atoms with Crippen LogP contribution in [0.1, 0.15) is 47.1 Å². The maximum absolute atomic E-state index is 12.2. The normalized spacial score (nSPS) is 12.0. The number of carbonyl (C=O) groups is 2. The number of aliphatic carboxylic acids is 1. The third-order valence-electron chi connectivity index (χ3n) is 3.83. The van der Waals surface area contributed by atoms with E-state index in [1.165, 1.54) is 0 Å². The molecule has 1 amide bonds. The number of rotatable bonds is 7. The number of hydrogen-bond donors (Lipinski definition) is 2. The van der Waals surface area contributed by atoms with Gasteiger partial charge in [0.05, 0.1) is 12.2 Å². The van der Waals surface area contributed by atoms with Gasteiger partial charge in [0.1, 0.15) is 6.04 Å². The van der Waals surface area contributed by atoms with Gasteiger partial charge in [-0.25, -0.2) is 4.79 Å². The van der Waals surface area contributed by atoms with Crippen LogP contribution in [0, 0.1) is 13.8 Å². The van der Waals surface area contributed by atoms with Crippen LogP contribution in [0.2, 0.25) is 0 Å². The van der Waals surface area contributed by atoms with Gasteiger partial charge in [0, 0.05) is 11.3 Å². The van der Waals surface area contributed by atoms with Crippen molar-refractivity contribution in [2.24, 2.45) is 0 Å². The SMILES string of the molecule is CCCC(NC(=O)c1ccc(Cn2nc(C)cc2C)cc1)C(=O)O. The average Bonchev–Trinajstić information content (AvgIpc) is 2.85. The highest BCUT2D eigenvalue weighted by molar-refractivity contribution is 5.96. The Hall–Kier alpha value is -2.63. The van der Waals surface area contributed by atoms with E-state index in [-0.39, 0.29) is 5.91 Å². The van der Waals surface area contributed by atoms with Crippen molar-refractivity contribution in [3.63, 3.8) is 0 Å². The fourth-order valence-corrected chi connectivity index (χ4v) is 2.56. The van der Waals surface area contributed by atoms with Gasteiger partial charge in [0.25, 0.3) is 5.91 Å². The Morgan fingerprint density at radius 2 is 1.92 bits per heavy atom. The topological polar surface area (TPSA) is 84.2 Å². The fourth-order valence-electron chi connectivity index (χ4n) is 2.56. The maximum Gasteiger partial charge on any atom is 0.326 e. The molecule has 0 aliphatic carbocycles. The molecular formula is C18H23N3O3. The molecule has 0 radical (unpaired) electrons. The van der Waals surface area contributed by atoms with Gasteiger partial charge in [-0.2, -0.15) is 5.10 Å². The molecule has 2 rings (SSSR count). The predicted octanol–water partition coefficient (Wildman–Crippen LogP) is 2.53. The summed E-state index contributed by atoms with van der Waals surface area (Å²) in [6.07, 6.45) is 1.11. The third kappa shape index (κ3) is 4.44. The fraction of sp³-hybridized carbons (Fsp3) is 0.389. The predicted molar refractivity (Wildman–Crippen MR) is 91.0 cm³/mol. The molecule has 1 aromatic carbocycles. The molecule has 1 heterocycles. The number of nitrogens with zero attached hydrogens (tertiary/aromatic N) is 2. The highest BCUT2D eigenvalue weighted by Gasteiger charge is 2.19. The second kappa shape index (κ2) is 7.77. The van der Waals surface area contributed by atoms with Crippen molar-refractivity contribution in [3.8, 4) is 0 Å². The molecule has 0 saturated carbocycles. The van der Waals surface area contributed by atoms with Crippen LogP contribution in [0.25, 0.3) is 0 Å². The van der Waals surface area contributed by atoms with Gasteiger partial charge in [-0.15, -0.1) is 0 Å². The first-order valence-electron chi connectivity index (χ1n) is 8.04. The van der Waals surface area contributed by atoms with Crippen molar-refractivity contribution in [1.82, 2.24) is 15.1 Å². The maximum atomic E-state index is 12.2. The van der Waals surface area contributed by atoms with Crippen molar-refractivity contribution < 1.29 is 14.7 Å². The number of nitrogens with one attached hydrogen (secondary N) is 1. The van der Waals surface area contributed by atoms with E-state index in [9.17, 15) is 9.59 Å². The quantitative estimate of drug-likeness (QED) is 0.817. The minimum atomic E-state index is -1.01. The largest absolute Gasteiger partial charge is 0.480 e. The van der Waals surface area contributed by atoms with Crippen molar-refractivity contribution in [3.05, 3.63) is 52.8 Å². The van der Waals surface area contributed by atoms with Crippen LogP contribution in [-0.4, -0.2) is 32.8 Å². The number of hydrogen-bond acceptors (Lipinski definition) is 3. The van der Waals surface area contributed by atoms with E-state index in [4.69, 9.17) is 5.11 Å². The lowest BCUT2D eigenvalue weighted by Gasteiger charge is -2.13. The Bertz CT molecular complexity index is 720. The van der Waals surface area contributed by atoms with Gasteiger partial charge >= 0.3 is 5.97 Å². The van der Waals surface area contributed by atoms with E-state index in [1.54, 1.807) is 12.1 Å². The monoisotopic (exact) mass is 329 g/mol. The summed E-state index contributed by atoms with van der Waals surface area (Å²) in [7, 11) is 0. The molecule has 0 fully saturated rings. The molecule has 1 unspecified atom stereocenters. The Kier molecular flexibility index (Phi) is 5.73. The van der Waals surface area contributed by atoms with Gasteiger partial charge in [0.2, 0.25) is 0 Å². The molecule has 0 saturated heterocycles. The van der Waals surface area contributed by atoms with Crippen LogP contribution >= 0.6 is 0 Å². The Morgan fingerprint density at radius 1 is 1.25 bits per heavy atom. The molecule has 1 atom stereocenters. The number of amides is 1. The summed E-state index contributed by atoms with van der Waals surface area (Å²) >= 11 is 0. The van der Waals surface area contributed by atoms with Gasteiger partial charge in [0.15, 0.2) is 0 Å². The number of carboxylic acid groups (broad SMARTS) is 1. The number of carbonyl (C=O) groups excluding carboxylic acids is 1. The molecule has 2 N–H and O–H groups in total. The zero-order valence-corrected chi connectivity index (χ0v) is 14.2. The van der Waals surface area contributed by atoms with E-state index in [1.807, 2.05) is 43.7 Å². The standard InChI is InChI=1S/C18H23N3O3/c1-4-5-16(18(23)24)19-17(22)15-8-6-14(7-9-15)11-21-13(3)10-12(2)20-21/h6-10,16H,4-5,11H2,1-3H3,(H,19,22)(H,23,24). The van der Waals surface area contributed by atoms with Crippen LogP contribution in [-0.2, 0) is 11.3 Å². The molecule has 128 valence electrons. The first kappa shape index (κ1) is 17.7. The van der Waals surface area contributed by atoms with Crippen molar-refractivity contribution in [2.45, 2.75) is 46.2 Å². The van der Waals surface area contributed by atoms with Crippen LogP contribution in [0.3, 0.4) is 0 Å². The van der Waals surface area contributed by atoms with E-state index in [0.29, 0.717) is 24.9 Å². The zero-order valence-electron chi connectivity index (χ0n) is 14.2. The first-order chi connectivity index (χ1) is 11.4. The molecule has 2 aromatic rings. The molecule has 1 aromatic heterocycles. The van der Waals surface area contributed by atoms with Crippen LogP contribution in [0.4, 0.5) is 0 Å². The molecule has 6 heteroatoms. The third-order valence-corrected chi connectivity index (χ3v) is 3.83. The highest BCUT2D eigenvalue weighted by Crippen LogP contribution is 2.10. The molecule has 0 aliphatic heterocycles. The van der Waals surface area contributed by atoms with Gasteiger partial charge < -0.3 is 10.4 Å². The summed E-state index contributed by atoms with van der Waals surface area (Å²) in [5.74, 6) is -1.38. The van der Waals surface area contributed by atoms with E-state index in [2.05, 4.69) is 10.4 Å². The number of aryl methyl sites for hydroxylation is 2. The van der Waals surface area contributed by atoms with E-state index < -0.39 is 12.0 Å². The molecular weight excluding hydrogens is 306 g/mol. The summed E-state index contributed by atoms with van der Waals surface area (Å²) in [5.41, 5.74) is 3.54. The van der Waals surface area contributed by atoms with Crippen LogP contribution < -0.4 is 5.32 Å².